The molecule has 0 unspecified atom stereocenters. The van der Waals surface area contributed by atoms with Crippen molar-refractivity contribution in [2.45, 2.75) is 51.7 Å². The van der Waals surface area contributed by atoms with Crippen LogP contribution in [0.3, 0.4) is 0 Å². The highest BCUT2D eigenvalue weighted by Crippen LogP contribution is 2.51. The number of aliphatic hydroxyl groups is 1. The highest BCUT2D eigenvalue weighted by Gasteiger charge is 2.45. The minimum Gasteiger partial charge on any atom is -0.390 e. The molecule has 1 saturated carbocycles. The summed E-state index contributed by atoms with van der Waals surface area (Å²) in [5, 5.41) is 9.23. The van der Waals surface area contributed by atoms with Gasteiger partial charge in [-0.3, -0.25) is 0 Å². The highest BCUT2D eigenvalue weighted by molar-refractivity contribution is 7.89. The van der Waals surface area contributed by atoms with E-state index >= 15 is 0 Å². The summed E-state index contributed by atoms with van der Waals surface area (Å²) in [6.45, 7) is 7.18. The number of nitrogens with one attached hydrogen (secondary N) is 1. The van der Waals surface area contributed by atoms with Crippen molar-refractivity contribution < 1.29 is 13.5 Å². The Morgan fingerprint density at radius 1 is 1.45 bits per heavy atom. The molecule has 0 radical (unpaired) electrons. The molecule has 0 amide bonds. The number of aliphatic hydroxyl groups excluding tert-OH is 1. The molecular weight excluding hydrogens is 276 g/mol. The standard InChI is InChI=1S/C14H24N2O3S/c1-4-16-8-13(7-12(16)9-17)20(18,19)15-10-14(5-6-14)11(2)3/h7-8,11,15,17H,4-6,9-10H2,1-3H3. The second-order valence-corrected chi connectivity index (χ2v) is 7.72. The van der Waals surface area contributed by atoms with Crippen molar-refractivity contribution in [3.8, 4) is 0 Å². The third-order valence-electron chi connectivity index (χ3n) is 4.51. The maximum Gasteiger partial charge on any atom is 0.242 e. The molecule has 2 N–H and O–H groups in total. The van der Waals surface area contributed by atoms with Crippen LogP contribution in [-0.4, -0.2) is 24.6 Å². The van der Waals surface area contributed by atoms with Crippen LogP contribution in [0.25, 0.3) is 0 Å². The lowest BCUT2D eigenvalue weighted by Crippen LogP contribution is -2.32. The zero-order chi connectivity index (χ0) is 15.0. The molecule has 5 nitrogen and oxygen atoms in total. The van der Waals surface area contributed by atoms with E-state index in [-0.39, 0.29) is 16.9 Å². The molecule has 0 saturated heterocycles. The number of aryl methyl sites for hydroxylation is 1. The van der Waals surface area contributed by atoms with E-state index in [1.54, 1.807) is 16.8 Å². The van der Waals surface area contributed by atoms with Crippen LogP contribution < -0.4 is 4.72 Å². The molecule has 1 aliphatic carbocycles. The minimum absolute atomic E-state index is 0.139. The van der Waals surface area contributed by atoms with Crippen molar-refractivity contribution >= 4 is 10.0 Å². The fraction of sp³-hybridized carbons (Fsp3) is 0.714. The molecule has 1 aromatic heterocycles. The van der Waals surface area contributed by atoms with Gasteiger partial charge in [0, 0.05) is 25.0 Å². The van der Waals surface area contributed by atoms with Crippen LogP contribution in [0.1, 0.15) is 39.3 Å². The van der Waals surface area contributed by atoms with Gasteiger partial charge in [0.25, 0.3) is 0 Å². The van der Waals surface area contributed by atoms with Crippen LogP contribution in [0.15, 0.2) is 17.2 Å². The van der Waals surface area contributed by atoms with Crippen LogP contribution in [-0.2, 0) is 23.2 Å². The number of nitrogens with zero attached hydrogens (tertiary/aromatic N) is 1. The van der Waals surface area contributed by atoms with Gasteiger partial charge in [-0.2, -0.15) is 0 Å². The molecule has 1 aliphatic rings. The molecule has 0 atom stereocenters. The van der Waals surface area contributed by atoms with Crippen molar-refractivity contribution in [2.75, 3.05) is 6.54 Å². The summed E-state index contributed by atoms with van der Waals surface area (Å²) in [4.78, 5) is 0.239. The lowest BCUT2D eigenvalue weighted by Gasteiger charge is -2.19. The zero-order valence-electron chi connectivity index (χ0n) is 12.4. The first kappa shape index (κ1) is 15.5. The van der Waals surface area contributed by atoms with E-state index in [0.717, 1.165) is 12.8 Å². The van der Waals surface area contributed by atoms with Crippen molar-refractivity contribution in [1.29, 1.82) is 0 Å². The molecule has 1 fully saturated rings. The summed E-state index contributed by atoms with van der Waals surface area (Å²) in [7, 11) is -3.49. The van der Waals surface area contributed by atoms with Crippen LogP contribution in [0.5, 0.6) is 0 Å². The van der Waals surface area contributed by atoms with Gasteiger partial charge in [-0.05, 0) is 37.2 Å². The highest BCUT2D eigenvalue weighted by atomic mass is 32.2. The third-order valence-corrected chi connectivity index (χ3v) is 5.87. The number of sulfonamides is 1. The van der Waals surface area contributed by atoms with Gasteiger partial charge in [-0.15, -0.1) is 0 Å². The fourth-order valence-electron chi connectivity index (χ4n) is 2.54. The van der Waals surface area contributed by atoms with Gasteiger partial charge in [0.15, 0.2) is 0 Å². The molecule has 1 aromatic rings. The number of aromatic nitrogens is 1. The number of hydrogen-bond donors (Lipinski definition) is 2. The Morgan fingerprint density at radius 3 is 2.50 bits per heavy atom. The van der Waals surface area contributed by atoms with E-state index in [1.165, 1.54) is 0 Å². The Labute approximate surface area is 121 Å². The summed E-state index contributed by atoms with van der Waals surface area (Å²) in [6.07, 6.45) is 3.76. The molecule has 0 aromatic carbocycles. The normalized spacial score (nSPS) is 17.6. The van der Waals surface area contributed by atoms with E-state index in [9.17, 15) is 13.5 Å². The third kappa shape index (κ3) is 2.92. The average molecular weight is 300 g/mol. The topological polar surface area (TPSA) is 71.3 Å². The Balaban J connectivity index is 2.12. The smallest absolute Gasteiger partial charge is 0.242 e. The summed E-state index contributed by atoms with van der Waals surface area (Å²) >= 11 is 0. The minimum atomic E-state index is -3.49. The van der Waals surface area contributed by atoms with Gasteiger partial charge in [-0.25, -0.2) is 13.1 Å². The van der Waals surface area contributed by atoms with Gasteiger partial charge in [0.1, 0.15) is 0 Å². The van der Waals surface area contributed by atoms with Gasteiger partial charge in [0.2, 0.25) is 10.0 Å². The van der Waals surface area contributed by atoms with Gasteiger partial charge in [-0.1, -0.05) is 13.8 Å². The van der Waals surface area contributed by atoms with Crippen molar-refractivity contribution in [3.63, 3.8) is 0 Å². The fourth-order valence-corrected chi connectivity index (χ4v) is 3.74. The zero-order valence-corrected chi connectivity index (χ0v) is 13.2. The molecule has 0 spiro atoms. The first-order valence-electron chi connectivity index (χ1n) is 7.14. The number of hydrogen-bond acceptors (Lipinski definition) is 3. The summed E-state index contributed by atoms with van der Waals surface area (Å²) in [5.41, 5.74) is 0.762. The van der Waals surface area contributed by atoms with E-state index in [0.29, 0.717) is 24.7 Å². The molecule has 20 heavy (non-hydrogen) atoms. The van der Waals surface area contributed by atoms with Crippen molar-refractivity contribution in [2.24, 2.45) is 11.3 Å². The summed E-state index contributed by atoms with van der Waals surface area (Å²) in [5.74, 6) is 0.485. The second-order valence-electron chi connectivity index (χ2n) is 5.95. The SMILES string of the molecule is CCn1cc(S(=O)(=O)NCC2(C(C)C)CC2)cc1CO. The largest absolute Gasteiger partial charge is 0.390 e. The molecule has 6 heteroatoms. The molecule has 1 heterocycles. The second kappa shape index (κ2) is 5.50. The predicted molar refractivity (Wildman–Crippen MR) is 77.7 cm³/mol. The van der Waals surface area contributed by atoms with Crippen molar-refractivity contribution in [1.82, 2.24) is 9.29 Å². The van der Waals surface area contributed by atoms with Gasteiger partial charge < -0.3 is 9.67 Å². The first-order chi connectivity index (χ1) is 9.34. The Bertz CT molecular complexity index is 550. The van der Waals surface area contributed by atoms with E-state index in [4.69, 9.17) is 0 Å². The van der Waals surface area contributed by atoms with Gasteiger partial charge >= 0.3 is 0 Å². The van der Waals surface area contributed by atoms with Crippen LogP contribution in [0.2, 0.25) is 0 Å². The van der Waals surface area contributed by atoms with E-state index in [2.05, 4.69) is 18.6 Å². The Kier molecular flexibility index (Phi) is 4.27. The summed E-state index contributed by atoms with van der Waals surface area (Å²) in [6, 6.07) is 1.54. The molecule has 0 bridgehead atoms. The monoisotopic (exact) mass is 300 g/mol. The van der Waals surface area contributed by atoms with Gasteiger partial charge in [0.05, 0.1) is 11.5 Å². The number of rotatable bonds is 7. The average Bonchev–Trinajstić information content (AvgIpc) is 3.08. The molecule has 2 rings (SSSR count). The molecular formula is C14H24N2O3S. The molecule has 114 valence electrons. The quantitative estimate of drug-likeness (QED) is 0.805. The summed E-state index contributed by atoms with van der Waals surface area (Å²) < 4.78 is 29.1. The maximum atomic E-state index is 12.3. The Hall–Kier alpha value is -0.850. The lowest BCUT2D eigenvalue weighted by atomic mass is 9.93. The maximum absolute atomic E-state index is 12.3. The van der Waals surface area contributed by atoms with E-state index in [1.807, 2.05) is 6.92 Å². The molecule has 0 aliphatic heterocycles. The van der Waals surface area contributed by atoms with Crippen molar-refractivity contribution in [3.05, 3.63) is 18.0 Å². The van der Waals surface area contributed by atoms with Crippen LogP contribution in [0, 0.1) is 11.3 Å². The first-order valence-corrected chi connectivity index (χ1v) is 8.62. The Morgan fingerprint density at radius 2 is 2.10 bits per heavy atom. The van der Waals surface area contributed by atoms with Crippen LogP contribution >= 0.6 is 0 Å². The van der Waals surface area contributed by atoms with E-state index < -0.39 is 10.0 Å². The van der Waals surface area contributed by atoms with Crippen LogP contribution in [0.4, 0.5) is 0 Å². The predicted octanol–water partition coefficient (Wildman–Crippen LogP) is 1.71. The lowest BCUT2D eigenvalue weighted by molar-refractivity contribution is 0.271.